The number of hydrogen-bond acceptors (Lipinski definition) is 4. The Hall–Kier alpha value is -2.70. The van der Waals surface area contributed by atoms with Gasteiger partial charge >= 0.3 is 0 Å². The van der Waals surface area contributed by atoms with Crippen LogP contribution in [-0.2, 0) is 6.54 Å². The van der Waals surface area contributed by atoms with Gasteiger partial charge in [-0.25, -0.2) is 0 Å². The molecule has 0 unspecified atom stereocenters. The molecule has 0 bridgehead atoms. The number of carbonyl (C=O) groups is 1. The molecule has 3 aromatic rings. The van der Waals surface area contributed by atoms with Crippen LogP contribution in [0, 0.1) is 0 Å². The lowest BCUT2D eigenvalue weighted by Gasteiger charge is -2.27. The Balaban J connectivity index is 0.000000172. The number of aldehydes is 1. The summed E-state index contributed by atoms with van der Waals surface area (Å²) in [6, 6.07) is 13.8. The Labute approximate surface area is 204 Å². The zero-order valence-electron chi connectivity index (χ0n) is 18.3. The fourth-order valence-electron chi connectivity index (χ4n) is 3.95. The van der Waals surface area contributed by atoms with Crippen LogP contribution in [0.5, 0.6) is 0 Å². The summed E-state index contributed by atoms with van der Waals surface area (Å²) in [5.74, 6) is 0. The smallest absolute Gasteiger partial charge is 0.166 e. The molecule has 170 valence electrons. The van der Waals surface area contributed by atoms with Crippen LogP contribution in [0.15, 0.2) is 83.2 Å². The molecule has 0 radical (unpaired) electrons. The highest BCUT2D eigenvalue weighted by Crippen LogP contribution is 2.29. The van der Waals surface area contributed by atoms with Gasteiger partial charge in [-0.05, 0) is 42.0 Å². The van der Waals surface area contributed by atoms with Crippen LogP contribution in [0.3, 0.4) is 0 Å². The van der Waals surface area contributed by atoms with E-state index in [0.717, 1.165) is 55.6 Å². The molecular formula is C26H26Cl2N4O. The average Bonchev–Trinajstić information content (AvgIpc) is 3.14. The predicted molar refractivity (Wildman–Crippen MR) is 136 cm³/mol. The summed E-state index contributed by atoms with van der Waals surface area (Å²) in [7, 11) is 0. The predicted octanol–water partition coefficient (Wildman–Crippen LogP) is 5.43. The number of pyridine rings is 1. The first-order valence-corrected chi connectivity index (χ1v) is 11.7. The summed E-state index contributed by atoms with van der Waals surface area (Å²) in [6.07, 6.45) is 10.7. The molecule has 1 fully saturated rings. The van der Waals surface area contributed by atoms with Gasteiger partial charge in [0.1, 0.15) is 0 Å². The van der Waals surface area contributed by atoms with Gasteiger partial charge in [-0.2, -0.15) is 0 Å². The minimum Gasteiger partial charge on any atom is -0.314 e. The number of allylic oxidation sites excluding steroid dienone is 6. The number of nitrogens with zero attached hydrogens (tertiary/aromatic N) is 3. The SMILES string of the molecule is O=Cc1cc2ccccc2n1C1=CC(Cl)=CCC(Cl)=C1.c1cc(CN2CCNCC2)ccn1. The molecule has 5 nitrogen and oxygen atoms in total. The van der Waals surface area contributed by atoms with Crippen LogP contribution in [0.4, 0.5) is 0 Å². The van der Waals surface area contributed by atoms with Crippen LogP contribution in [-0.4, -0.2) is 46.9 Å². The number of hydrogen-bond donors (Lipinski definition) is 1. The standard InChI is InChI=1S/C16H11Cl2NO.C10H15N3/c17-12-5-6-13(18)9-14(8-12)19-15(10-20)7-11-3-1-2-4-16(11)19;1-3-11-4-2-10(1)9-13-7-5-12-6-8-13/h1-5,7-10H,6H2;1-4,12H,5-9H2. The number of rotatable bonds is 4. The first-order valence-electron chi connectivity index (χ1n) is 11.0. The van der Waals surface area contributed by atoms with E-state index in [-0.39, 0.29) is 0 Å². The van der Waals surface area contributed by atoms with E-state index in [9.17, 15) is 4.79 Å². The van der Waals surface area contributed by atoms with Gasteiger partial charge in [0.2, 0.25) is 0 Å². The molecule has 0 saturated carbocycles. The van der Waals surface area contributed by atoms with Crippen molar-refractivity contribution >= 4 is 46.1 Å². The van der Waals surface area contributed by atoms with E-state index in [1.54, 1.807) is 0 Å². The first kappa shape index (κ1) is 23.5. The maximum atomic E-state index is 11.3. The molecule has 1 N–H and O–H groups in total. The molecule has 0 amide bonds. The number of carbonyl (C=O) groups excluding carboxylic acids is 1. The Bertz CT molecular complexity index is 1190. The highest BCUT2D eigenvalue weighted by atomic mass is 35.5. The van der Waals surface area contributed by atoms with Crippen molar-refractivity contribution in [3.05, 3.63) is 94.4 Å². The molecule has 2 aromatic heterocycles. The van der Waals surface area contributed by atoms with E-state index in [0.29, 0.717) is 22.2 Å². The van der Waals surface area contributed by atoms with Crippen LogP contribution in [0.1, 0.15) is 22.5 Å². The minimum absolute atomic E-state index is 0.574. The Morgan fingerprint density at radius 2 is 1.79 bits per heavy atom. The average molecular weight is 481 g/mol. The lowest BCUT2D eigenvalue weighted by atomic mass is 10.2. The third kappa shape index (κ3) is 6.21. The van der Waals surface area contributed by atoms with Gasteiger partial charge in [0, 0.05) is 72.7 Å². The van der Waals surface area contributed by atoms with E-state index in [1.807, 2.05) is 65.5 Å². The summed E-state index contributed by atoms with van der Waals surface area (Å²) >= 11 is 12.3. The van der Waals surface area contributed by atoms with Gasteiger partial charge in [-0.15, -0.1) is 0 Å². The maximum Gasteiger partial charge on any atom is 0.166 e. The van der Waals surface area contributed by atoms with Crippen molar-refractivity contribution in [2.24, 2.45) is 0 Å². The lowest BCUT2D eigenvalue weighted by Crippen LogP contribution is -2.42. The van der Waals surface area contributed by atoms with Gasteiger partial charge in [0.25, 0.3) is 0 Å². The van der Waals surface area contributed by atoms with Crippen molar-refractivity contribution in [2.75, 3.05) is 26.2 Å². The van der Waals surface area contributed by atoms with Crippen molar-refractivity contribution in [1.29, 1.82) is 0 Å². The van der Waals surface area contributed by atoms with Crippen molar-refractivity contribution in [3.63, 3.8) is 0 Å². The summed E-state index contributed by atoms with van der Waals surface area (Å²) < 4.78 is 1.87. The van der Waals surface area contributed by atoms with Gasteiger partial charge < -0.3 is 9.88 Å². The topological polar surface area (TPSA) is 50.2 Å². The fraction of sp³-hybridized carbons (Fsp3) is 0.231. The van der Waals surface area contributed by atoms with Crippen LogP contribution < -0.4 is 5.32 Å². The summed E-state index contributed by atoms with van der Waals surface area (Å²) in [5.41, 5.74) is 3.67. The third-order valence-electron chi connectivity index (χ3n) is 5.57. The van der Waals surface area contributed by atoms with E-state index < -0.39 is 0 Å². The fourth-order valence-corrected chi connectivity index (χ4v) is 4.33. The van der Waals surface area contributed by atoms with E-state index in [2.05, 4.69) is 27.3 Å². The number of fused-ring (bicyclic) bond motifs is 1. The minimum atomic E-state index is 0.574. The number of aromatic nitrogens is 2. The van der Waals surface area contributed by atoms with Gasteiger partial charge in [0.05, 0.1) is 11.2 Å². The first-order chi connectivity index (χ1) is 16.1. The zero-order chi connectivity index (χ0) is 23.0. The quantitative estimate of drug-likeness (QED) is 0.505. The second-order valence-electron chi connectivity index (χ2n) is 7.92. The number of nitrogens with one attached hydrogen (secondary N) is 1. The van der Waals surface area contributed by atoms with Crippen molar-refractivity contribution in [3.8, 4) is 0 Å². The third-order valence-corrected chi connectivity index (χ3v) is 6.09. The number of para-hydroxylation sites is 1. The van der Waals surface area contributed by atoms with Crippen LogP contribution >= 0.6 is 23.2 Å². The molecule has 1 saturated heterocycles. The molecule has 1 aromatic carbocycles. The van der Waals surface area contributed by atoms with Crippen molar-refractivity contribution in [1.82, 2.24) is 19.8 Å². The molecule has 33 heavy (non-hydrogen) atoms. The molecule has 0 spiro atoms. The summed E-state index contributed by atoms with van der Waals surface area (Å²) in [4.78, 5) is 17.8. The van der Waals surface area contributed by atoms with E-state index >= 15 is 0 Å². The van der Waals surface area contributed by atoms with Gasteiger partial charge in [-0.1, -0.05) is 47.5 Å². The second-order valence-corrected chi connectivity index (χ2v) is 8.84. The molecule has 1 aliphatic heterocycles. The largest absolute Gasteiger partial charge is 0.314 e. The van der Waals surface area contributed by atoms with Crippen molar-refractivity contribution < 1.29 is 4.79 Å². The molecule has 2 aliphatic rings. The van der Waals surface area contributed by atoms with Crippen LogP contribution in [0.25, 0.3) is 16.6 Å². The Morgan fingerprint density at radius 1 is 1.03 bits per heavy atom. The lowest BCUT2D eigenvalue weighted by molar-refractivity contribution is 0.111. The molecule has 7 heteroatoms. The molecule has 0 atom stereocenters. The zero-order valence-corrected chi connectivity index (χ0v) is 19.8. The normalized spacial score (nSPS) is 16.7. The van der Waals surface area contributed by atoms with Gasteiger partial charge in [0.15, 0.2) is 6.29 Å². The highest BCUT2D eigenvalue weighted by Gasteiger charge is 2.13. The van der Waals surface area contributed by atoms with Crippen molar-refractivity contribution in [2.45, 2.75) is 13.0 Å². The molecule has 3 heterocycles. The Morgan fingerprint density at radius 3 is 2.55 bits per heavy atom. The number of halogens is 2. The highest BCUT2D eigenvalue weighted by molar-refractivity contribution is 6.33. The summed E-state index contributed by atoms with van der Waals surface area (Å²) in [5, 5.41) is 5.65. The van der Waals surface area contributed by atoms with Gasteiger partial charge in [-0.3, -0.25) is 14.7 Å². The number of piperazine rings is 1. The number of benzene rings is 1. The van der Waals surface area contributed by atoms with Crippen LogP contribution in [0.2, 0.25) is 0 Å². The monoisotopic (exact) mass is 480 g/mol. The van der Waals surface area contributed by atoms with E-state index in [1.165, 1.54) is 5.56 Å². The summed E-state index contributed by atoms with van der Waals surface area (Å²) in [6.45, 7) is 5.60. The molecule has 1 aliphatic carbocycles. The maximum absolute atomic E-state index is 11.3. The van der Waals surface area contributed by atoms with E-state index in [4.69, 9.17) is 23.2 Å². The Kier molecular flexibility index (Phi) is 8.13. The second kappa shape index (κ2) is 11.4. The molecular weight excluding hydrogens is 455 g/mol. The molecule has 5 rings (SSSR count).